The van der Waals surface area contributed by atoms with Gasteiger partial charge in [-0.2, -0.15) is 0 Å². The van der Waals surface area contributed by atoms with Gasteiger partial charge in [-0.25, -0.2) is 0 Å². The minimum absolute atomic E-state index is 1.24. The van der Waals surface area contributed by atoms with E-state index in [1.165, 1.54) is 71.1 Å². The van der Waals surface area contributed by atoms with Crippen LogP contribution in [0.4, 0.5) is 0 Å². The van der Waals surface area contributed by atoms with Gasteiger partial charge in [-0.3, -0.25) is 0 Å². The van der Waals surface area contributed by atoms with Gasteiger partial charge in [0, 0.05) is 21.5 Å². The van der Waals surface area contributed by atoms with Crippen molar-refractivity contribution < 1.29 is 0 Å². The lowest BCUT2D eigenvalue weighted by Gasteiger charge is -2.08. The number of hydrogen-bond donors (Lipinski definition) is 0. The summed E-state index contributed by atoms with van der Waals surface area (Å²) < 4.78 is 2.46. The van der Waals surface area contributed by atoms with E-state index in [0.717, 1.165) is 0 Å². The minimum atomic E-state index is 1.24. The second-order valence-electron chi connectivity index (χ2n) is 9.40. The molecule has 0 saturated carbocycles. The Kier molecular flexibility index (Phi) is 3.72. The average molecular weight is 444 g/mol. The van der Waals surface area contributed by atoms with Crippen LogP contribution < -0.4 is 0 Å². The van der Waals surface area contributed by atoms with Crippen LogP contribution in [0.2, 0.25) is 0 Å². The largest absolute Gasteiger partial charge is 0.308 e. The molecule has 8 rings (SSSR count). The topological polar surface area (TPSA) is 4.41 Å². The summed E-state index contributed by atoms with van der Waals surface area (Å²) in [4.78, 5) is 0. The van der Waals surface area contributed by atoms with Crippen molar-refractivity contribution in [1.29, 1.82) is 0 Å². The Balaban J connectivity index is 1.52. The third-order valence-electron chi connectivity index (χ3n) is 7.49. The molecule has 0 amide bonds. The molecular weight excluding hydrogens is 422 g/mol. The molecule has 6 aromatic carbocycles. The van der Waals surface area contributed by atoms with Crippen LogP contribution in [0.5, 0.6) is 0 Å². The standard InChI is InChI=1S/C34H21N/c1-2-9-22(10-3-1)24-12-8-13-25(19-24)26-20-29-28-15-6-7-16-31(28)35-32-18-17-23-11-4-5-14-27(23)33(32)30(21-26)34(29)35/h1-21H. The first kappa shape index (κ1) is 18.8. The maximum atomic E-state index is 2.46. The van der Waals surface area contributed by atoms with Gasteiger partial charge in [-0.1, -0.05) is 97.1 Å². The van der Waals surface area contributed by atoms with E-state index in [0.29, 0.717) is 0 Å². The second kappa shape index (κ2) is 6.94. The van der Waals surface area contributed by atoms with Crippen LogP contribution >= 0.6 is 0 Å². The van der Waals surface area contributed by atoms with Crippen LogP contribution in [0, 0.1) is 0 Å². The van der Waals surface area contributed by atoms with Gasteiger partial charge in [0.05, 0.1) is 16.6 Å². The van der Waals surface area contributed by atoms with Crippen molar-refractivity contribution in [3.8, 4) is 22.3 Å². The molecule has 0 fully saturated rings. The first-order chi connectivity index (χ1) is 17.4. The number of para-hydroxylation sites is 1. The Morgan fingerprint density at radius 1 is 0.371 bits per heavy atom. The van der Waals surface area contributed by atoms with Gasteiger partial charge in [0.15, 0.2) is 0 Å². The number of benzene rings is 6. The summed E-state index contributed by atoms with van der Waals surface area (Å²) in [5.41, 5.74) is 8.86. The van der Waals surface area contributed by atoms with E-state index in [1.54, 1.807) is 0 Å². The molecular formula is C34H21N. The summed E-state index contributed by atoms with van der Waals surface area (Å²) in [5.74, 6) is 0. The van der Waals surface area contributed by atoms with Crippen molar-refractivity contribution in [2.24, 2.45) is 0 Å². The SMILES string of the molecule is c1ccc(-c2cccc(-c3cc4c5ccccc5n5c6ccc7ccccc7c6c(c3)c45)c2)cc1. The van der Waals surface area contributed by atoms with E-state index in [9.17, 15) is 0 Å². The third-order valence-corrected chi connectivity index (χ3v) is 7.49. The van der Waals surface area contributed by atoms with E-state index in [4.69, 9.17) is 0 Å². The Bertz CT molecular complexity index is 2040. The molecule has 0 aliphatic heterocycles. The number of fused-ring (bicyclic) bond motifs is 8. The lowest BCUT2D eigenvalue weighted by atomic mass is 9.95. The monoisotopic (exact) mass is 443 g/mol. The smallest absolute Gasteiger partial charge is 0.0621 e. The molecule has 2 heterocycles. The predicted molar refractivity (Wildman–Crippen MR) is 149 cm³/mol. The molecule has 162 valence electrons. The Morgan fingerprint density at radius 2 is 1.06 bits per heavy atom. The van der Waals surface area contributed by atoms with Gasteiger partial charge >= 0.3 is 0 Å². The first-order valence-electron chi connectivity index (χ1n) is 12.1. The zero-order valence-electron chi connectivity index (χ0n) is 19.1. The van der Waals surface area contributed by atoms with E-state index in [1.807, 2.05) is 0 Å². The normalized spacial score (nSPS) is 12.0. The molecule has 1 nitrogen and oxygen atoms in total. The molecule has 1 heteroatoms. The van der Waals surface area contributed by atoms with Crippen molar-refractivity contribution >= 4 is 48.9 Å². The lowest BCUT2D eigenvalue weighted by molar-refractivity contribution is 1.37. The number of hydrogen-bond acceptors (Lipinski definition) is 0. The molecule has 0 radical (unpaired) electrons. The van der Waals surface area contributed by atoms with Crippen LogP contribution in [0.15, 0.2) is 127 Å². The maximum absolute atomic E-state index is 2.46. The summed E-state index contributed by atoms with van der Waals surface area (Å²) in [6.45, 7) is 0. The summed E-state index contributed by atoms with van der Waals surface area (Å²) in [7, 11) is 0. The van der Waals surface area contributed by atoms with Crippen LogP contribution in [-0.4, -0.2) is 4.40 Å². The number of nitrogens with zero attached hydrogens (tertiary/aromatic N) is 1. The number of aromatic nitrogens is 1. The zero-order chi connectivity index (χ0) is 22.9. The van der Waals surface area contributed by atoms with Crippen molar-refractivity contribution in [2.75, 3.05) is 0 Å². The van der Waals surface area contributed by atoms with E-state index in [-0.39, 0.29) is 0 Å². The van der Waals surface area contributed by atoms with Crippen molar-refractivity contribution in [1.82, 2.24) is 4.40 Å². The van der Waals surface area contributed by atoms with Gasteiger partial charge in [-0.05, 0) is 63.4 Å². The molecule has 0 aliphatic rings. The Hall–Kier alpha value is -4.62. The Labute approximate surface area is 202 Å². The average Bonchev–Trinajstić information content (AvgIpc) is 3.45. The number of rotatable bonds is 2. The molecule has 0 saturated heterocycles. The minimum Gasteiger partial charge on any atom is -0.308 e. The molecule has 35 heavy (non-hydrogen) atoms. The van der Waals surface area contributed by atoms with E-state index in [2.05, 4.69) is 132 Å². The zero-order valence-corrected chi connectivity index (χ0v) is 19.1. The third kappa shape index (κ3) is 2.58. The van der Waals surface area contributed by atoms with Crippen molar-refractivity contribution in [3.63, 3.8) is 0 Å². The highest BCUT2D eigenvalue weighted by Crippen LogP contribution is 2.43. The van der Waals surface area contributed by atoms with E-state index >= 15 is 0 Å². The molecule has 0 bridgehead atoms. The summed E-state index contributed by atoms with van der Waals surface area (Å²) >= 11 is 0. The van der Waals surface area contributed by atoms with E-state index < -0.39 is 0 Å². The quantitative estimate of drug-likeness (QED) is 0.251. The highest BCUT2D eigenvalue weighted by atomic mass is 14.9. The lowest BCUT2D eigenvalue weighted by Crippen LogP contribution is -1.82. The molecule has 0 aliphatic carbocycles. The molecule has 0 spiro atoms. The molecule has 0 unspecified atom stereocenters. The highest BCUT2D eigenvalue weighted by Gasteiger charge is 2.20. The van der Waals surface area contributed by atoms with Gasteiger partial charge in [0.1, 0.15) is 0 Å². The Morgan fingerprint density at radius 3 is 1.94 bits per heavy atom. The van der Waals surface area contributed by atoms with Crippen molar-refractivity contribution in [3.05, 3.63) is 127 Å². The molecule has 8 aromatic rings. The van der Waals surface area contributed by atoms with Crippen molar-refractivity contribution in [2.45, 2.75) is 0 Å². The fourth-order valence-electron chi connectivity index (χ4n) is 5.94. The summed E-state index contributed by atoms with van der Waals surface area (Å²) in [6, 6.07) is 46.5. The summed E-state index contributed by atoms with van der Waals surface area (Å²) in [5, 5.41) is 7.89. The molecule has 0 atom stereocenters. The van der Waals surface area contributed by atoms with Gasteiger partial charge < -0.3 is 4.40 Å². The predicted octanol–water partition coefficient (Wildman–Crippen LogP) is 9.32. The van der Waals surface area contributed by atoms with Gasteiger partial charge in [0.2, 0.25) is 0 Å². The van der Waals surface area contributed by atoms with Crippen LogP contribution in [0.1, 0.15) is 0 Å². The summed E-state index contributed by atoms with van der Waals surface area (Å²) in [6.07, 6.45) is 0. The molecule has 2 aromatic heterocycles. The van der Waals surface area contributed by atoms with Crippen LogP contribution in [0.25, 0.3) is 71.1 Å². The van der Waals surface area contributed by atoms with Gasteiger partial charge in [-0.15, -0.1) is 0 Å². The second-order valence-corrected chi connectivity index (χ2v) is 9.40. The maximum Gasteiger partial charge on any atom is 0.0621 e. The van der Waals surface area contributed by atoms with Gasteiger partial charge in [0.25, 0.3) is 0 Å². The van der Waals surface area contributed by atoms with Crippen LogP contribution in [0.3, 0.4) is 0 Å². The highest BCUT2D eigenvalue weighted by molar-refractivity contribution is 6.29. The van der Waals surface area contributed by atoms with Crippen LogP contribution in [-0.2, 0) is 0 Å². The molecule has 0 N–H and O–H groups in total. The first-order valence-corrected chi connectivity index (χ1v) is 12.1. The fraction of sp³-hybridized carbons (Fsp3) is 0. The fourth-order valence-corrected chi connectivity index (χ4v) is 5.94.